The molecule has 0 aliphatic carbocycles. The maximum atomic E-state index is 7.23. The fourth-order valence-corrected chi connectivity index (χ4v) is 1.88. The van der Waals surface area contributed by atoms with Gasteiger partial charge in [-0.1, -0.05) is 0 Å². The summed E-state index contributed by atoms with van der Waals surface area (Å²) in [5.41, 5.74) is 5.37. The number of fused-ring (bicyclic) bond motifs is 1. The Bertz CT molecular complexity index is 171. The summed E-state index contributed by atoms with van der Waals surface area (Å²) < 4.78 is 5.30. The highest BCUT2D eigenvalue weighted by molar-refractivity contribution is 5.74. The summed E-state index contributed by atoms with van der Waals surface area (Å²) in [6, 6.07) is 0. The van der Waals surface area contributed by atoms with Crippen molar-refractivity contribution in [2.24, 2.45) is 17.6 Å². The molecule has 11 heavy (non-hydrogen) atoms. The normalized spacial score (nSPS) is 35.8. The molecule has 4 heteroatoms. The molecule has 0 amide bonds. The van der Waals surface area contributed by atoms with Gasteiger partial charge < -0.3 is 15.4 Å². The van der Waals surface area contributed by atoms with Crippen molar-refractivity contribution in [3.8, 4) is 0 Å². The number of hydrogen-bond donors (Lipinski definition) is 2. The quantitative estimate of drug-likeness (QED) is 0.365. The van der Waals surface area contributed by atoms with Crippen molar-refractivity contribution in [3.63, 3.8) is 0 Å². The lowest BCUT2D eigenvalue weighted by molar-refractivity contribution is 0.166. The van der Waals surface area contributed by atoms with E-state index >= 15 is 0 Å². The summed E-state index contributed by atoms with van der Waals surface area (Å²) in [7, 11) is 0. The van der Waals surface area contributed by atoms with Crippen molar-refractivity contribution in [1.29, 1.82) is 5.41 Å². The van der Waals surface area contributed by atoms with Crippen LogP contribution in [-0.4, -0.2) is 37.2 Å². The minimum absolute atomic E-state index is 0.208. The second-order valence-electron chi connectivity index (χ2n) is 3.35. The molecule has 2 heterocycles. The second-order valence-corrected chi connectivity index (χ2v) is 3.35. The van der Waals surface area contributed by atoms with Crippen LogP contribution in [0.4, 0.5) is 0 Å². The fraction of sp³-hybridized carbons (Fsp3) is 0.857. The average Bonchev–Trinajstić information content (AvgIpc) is 2.40. The van der Waals surface area contributed by atoms with Gasteiger partial charge >= 0.3 is 0 Å². The Kier molecular flexibility index (Phi) is 1.49. The third-order valence-corrected chi connectivity index (χ3v) is 2.58. The zero-order valence-electron chi connectivity index (χ0n) is 6.42. The van der Waals surface area contributed by atoms with Gasteiger partial charge in [-0.25, -0.2) is 0 Å². The van der Waals surface area contributed by atoms with Crippen molar-refractivity contribution >= 4 is 5.96 Å². The van der Waals surface area contributed by atoms with E-state index in [0.717, 1.165) is 26.3 Å². The van der Waals surface area contributed by atoms with Crippen LogP contribution in [0.5, 0.6) is 0 Å². The van der Waals surface area contributed by atoms with E-state index in [1.54, 1.807) is 0 Å². The van der Waals surface area contributed by atoms with Crippen LogP contribution in [0.25, 0.3) is 0 Å². The Morgan fingerprint density at radius 1 is 1.36 bits per heavy atom. The van der Waals surface area contributed by atoms with Gasteiger partial charge in [0.15, 0.2) is 5.96 Å². The molecule has 2 aliphatic heterocycles. The highest BCUT2D eigenvalue weighted by Crippen LogP contribution is 2.28. The number of nitrogens with one attached hydrogen (secondary N) is 1. The average molecular weight is 155 g/mol. The molecule has 0 unspecified atom stereocenters. The molecule has 0 saturated carbocycles. The van der Waals surface area contributed by atoms with Crippen molar-refractivity contribution in [3.05, 3.63) is 0 Å². The fourth-order valence-electron chi connectivity index (χ4n) is 1.88. The number of nitrogens with two attached hydrogens (primary N) is 1. The van der Waals surface area contributed by atoms with Gasteiger partial charge in [0, 0.05) is 24.9 Å². The largest absolute Gasteiger partial charge is 0.381 e. The summed E-state index contributed by atoms with van der Waals surface area (Å²) in [5.74, 6) is 1.46. The monoisotopic (exact) mass is 155 g/mol. The molecular formula is C7H13N3O. The van der Waals surface area contributed by atoms with Crippen LogP contribution in [0, 0.1) is 17.2 Å². The standard InChI is InChI=1S/C7H13N3O/c8-7(9)10-1-5-3-11-4-6(5)2-10/h5-6H,1-4H2,(H3,8,9)/t5-,6-/m0/s1. The van der Waals surface area contributed by atoms with Crippen LogP contribution in [0.3, 0.4) is 0 Å². The van der Waals surface area contributed by atoms with Crippen LogP contribution in [-0.2, 0) is 4.74 Å². The molecule has 0 aromatic carbocycles. The van der Waals surface area contributed by atoms with Crippen LogP contribution < -0.4 is 5.73 Å². The van der Waals surface area contributed by atoms with Crippen LogP contribution in [0.15, 0.2) is 0 Å². The van der Waals surface area contributed by atoms with Gasteiger partial charge in [0.2, 0.25) is 0 Å². The smallest absolute Gasteiger partial charge is 0.188 e. The number of hydrogen-bond acceptors (Lipinski definition) is 2. The van der Waals surface area contributed by atoms with Crippen LogP contribution in [0.2, 0.25) is 0 Å². The first kappa shape index (κ1) is 6.91. The summed E-state index contributed by atoms with van der Waals surface area (Å²) >= 11 is 0. The Morgan fingerprint density at radius 3 is 2.36 bits per heavy atom. The molecule has 2 rings (SSSR count). The third-order valence-electron chi connectivity index (χ3n) is 2.58. The van der Waals surface area contributed by atoms with E-state index in [4.69, 9.17) is 15.9 Å². The lowest BCUT2D eigenvalue weighted by Gasteiger charge is -2.15. The van der Waals surface area contributed by atoms with Crippen LogP contribution in [0.1, 0.15) is 0 Å². The molecule has 3 N–H and O–H groups in total. The van der Waals surface area contributed by atoms with Gasteiger partial charge in [-0.15, -0.1) is 0 Å². The van der Waals surface area contributed by atoms with Gasteiger partial charge in [0.1, 0.15) is 0 Å². The second kappa shape index (κ2) is 2.37. The number of guanidine groups is 1. The predicted octanol–water partition coefficient (Wildman–Crippen LogP) is -0.542. The van der Waals surface area contributed by atoms with Crippen LogP contribution >= 0.6 is 0 Å². The van der Waals surface area contributed by atoms with Crippen molar-refractivity contribution in [2.45, 2.75) is 0 Å². The Labute approximate surface area is 65.8 Å². The lowest BCUT2D eigenvalue weighted by atomic mass is 10.0. The third kappa shape index (κ3) is 1.07. The van der Waals surface area contributed by atoms with Gasteiger partial charge in [-0.2, -0.15) is 0 Å². The molecule has 62 valence electrons. The lowest BCUT2D eigenvalue weighted by Crippen LogP contribution is -2.35. The number of likely N-dealkylation sites (tertiary alicyclic amines) is 1. The Balaban J connectivity index is 1.99. The summed E-state index contributed by atoms with van der Waals surface area (Å²) in [4.78, 5) is 1.93. The molecule has 2 aliphatic rings. The molecule has 0 aromatic heterocycles. The van der Waals surface area contributed by atoms with E-state index < -0.39 is 0 Å². The van der Waals surface area contributed by atoms with E-state index in [9.17, 15) is 0 Å². The summed E-state index contributed by atoms with van der Waals surface area (Å²) in [6.07, 6.45) is 0. The maximum absolute atomic E-state index is 7.23. The first-order chi connectivity index (χ1) is 5.27. The van der Waals surface area contributed by atoms with Gasteiger partial charge in [0.05, 0.1) is 13.2 Å². The molecule has 0 radical (unpaired) electrons. The number of ether oxygens (including phenoxy) is 1. The molecule has 0 aromatic rings. The summed E-state index contributed by atoms with van der Waals surface area (Å²) in [5, 5.41) is 7.23. The Morgan fingerprint density at radius 2 is 1.91 bits per heavy atom. The highest BCUT2D eigenvalue weighted by Gasteiger charge is 2.37. The minimum atomic E-state index is 0.208. The van der Waals surface area contributed by atoms with Gasteiger partial charge in [-0.3, -0.25) is 5.41 Å². The molecular weight excluding hydrogens is 142 g/mol. The molecule has 2 saturated heterocycles. The first-order valence-electron chi connectivity index (χ1n) is 3.94. The van der Waals surface area contributed by atoms with E-state index in [0.29, 0.717) is 11.8 Å². The van der Waals surface area contributed by atoms with Crippen molar-refractivity contribution in [1.82, 2.24) is 4.90 Å². The highest BCUT2D eigenvalue weighted by atomic mass is 16.5. The topological polar surface area (TPSA) is 62.3 Å². The van der Waals surface area contributed by atoms with E-state index in [2.05, 4.69) is 0 Å². The van der Waals surface area contributed by atoms with Crippen molar-refractivity contribution < 1.29 is 4.74 Å². The Hall–Kier alpha value is -0.770. The molecule has 2 fully saturated rings. The SMILES string of the molecule is N=C(N)N1C[C@H]2COC[C@@H]2C1. The van der Waals surface area contributed by atoms with E-state index in [-0.39, 0.29) is 5.96 Å². The summed E-state index contributed by atoms with van der Waals surface area (Å²) in [6.45, 7) is 3.54. The maximum Gasteiger partial charge on any atom is 0.188 e. The molecule has 2 atom stereocenters. The van der Waals surface area contributed by atoms with Crippen molar-refractivity contribution in [2.75, 3.05) is 26.3 Å². The first-order valence-corrected chi connectivity index (χ1v) is 3.94. The number of nitrogens with zero attached hydrogens (tertiary/aromatic N) is 1. The van der Waals surface area contributed by atoms with Gasteiger partial charge in [0.25, 0.3) is 0 Å². The van der Waals surface area contributed by atoms with E-state index in [1.807, 2.05) is 4.90 Å². The van der Waals surface area contributed by atoms with Gasteiger partial charge in [-0.05, 0) is 0 Å². The molecule has 0 spiro atoms. The minimum Gasteiger partial charge on any atom is -0.381 e. The predicted molar refractivity (Wildman–Crippen MR) is 41.3 cm³/mol. The molecule has 4 nitrogen and oxygen atoms in total. The zero-order valence-corrected chi connectivity index (χ0v) is 6.42. The number of rotatable bonds is 0. The molecule has 0 bridgehead atoms. The van der Waals surface area contributed by atoms with E-state index in [1.165, 1.54) is 0 Å². The zero-order chi connectivity index (χ0) is 7.84.